The van der Waals surface area contributed by atoms with Crippen molar-refractivity contribution in [3.63, 3.8) is 0 Å². The molecule has 1 aromatic rings. The number of ether oxygens (including phenoxy) is 1. The molecule has 1 aliphatic heterocycles. The Morgan fingerprint density at radius 2 is 1.98 bits per heavy atom. The van der Waals surface area contributed by atoms with E-state index < -0.39 is 15.2 Å². The van der Waals surface area contributed by atoms with E-state index in [0.29, 0.717) is 43.0 Å². The van der Waals surface area contributed by atoms with Crippen molar-refractivity contribution in [3.05, 3.63) is 54.1 Å². The van der Waals surface area contributed by atoms with Gasteiger partial charge in [-0.2, -0.15) is 0 Å². The first-order chi connectivity index (χ1) is 18.9. The van der Waals surface area contributed by atoms with E-state index in [1.54, 1.807) is 22.6 Å². The van der Waals surface area contributed by atoms with Gasteiger partial charge in [-0.1, -0.05) is 63.1 Å². The van der Waals surface area contributed by atoms with Crippen LogP contribution in [-0.4, -0.2) is 57.4 Å². The van der Waals surface area contributed by atoms with Crippen molar-refractivity contribution in [2.24, 2.45) is 28.1 Å². The zero-order chi connectivity index (χ0) is 28.8. The molecule has 7 heteroatoms. The number of nitrogens with one attached hydrogen (secondary N) is 1. The van der Waals surface area contributed by atoms with Gasteiger partial charge < -0.3 is 10.1 Å². The van der Waals surface area contributed by atoms with Crippen molar-refractivity contribution in [2.75, 3.05) is 32.8 Å². The number of esters is 1. The number of fused-ring (bicyclic) bond motifs is 3. The van der Waals surface area contributed by atoms with Gasteiger partial charge in [-0.25, -0.2) is 8.42 Å². The number of carbonyl (C=O) groups is 1. The molecule has 1 aromatic carbocycles. The summed E-state index contributed by atoms with van der Waals surface area (Å²) in [6, 6.07) is 7.07. The molecular weight excluding hydrogens is 520 g/mol. The van der Waals surface area contributed by atoms with E-state index in [1.165, 1.54) is 19.3 Å². The zero-order valence-electron chi connectivity index (χ0n) is 24.9. The van der Waals surface area contributed by atoms with Crippen LogP contribution in [0, 0.1) is 35.0 Å². The molecule has 1 heterocycles. The monoisotopic (exact) mass is 568 g/mol. The Morgan fingerprint density at radius 1 is 1.20 bits per heavy atom. The summed E-state index contributed by atoms with van der Waals surface area (Å²) in [5.41, 5.74) is 2.63. The molecule has 3 aliphatic carbocycles. The number of aryl methyl sites for hydroxylation is 1. The largest absolute Gasteiger partial charge is 0.464 e. The molecular formula is C33H48N2O4S. The molecule has 0 radical (unpaired) electrons. The van der Waals surface area contributed by atoms with Crippen LogP contribution in [0.2, 0.25) is 0 Å². The fraction of sp³-hybridized carbons (Fsp3) is 0.667. The Morgan fingerprint density at radius 3 is 2.73 bits per heavy atom. The van der Waals surface area contributed by atoms with Crippen LogP contribution in [-0.2, 0) is 19.4 Å². The molecule has 0 bridgehead atoms. The third kappa shape index (κ3) is 5.34. The summed E-state index contributed by atoms with van der Waals surface area (Å²) >= 11 is 0. The minimum atomic E-state index is -3.64. The van der Waals surface area contributed by atoms with Crippen LogP contribution in [0.15, 0.2) is 53.5 Å². The van der Waals surface area contributed by atoms with Crippen molar-refractivity contribution in [1.82, 2.24) is 10.2 Å². The SMILES string of the molecule is C=C[C@]1(C)CC=C2C(CCC3[C@@](C)(COC(=O)CN4CCNCC4S(=O)(=O)c4ccccc4C)CCC[C@]23C)C1. The van der Waals surface area contributed by atoms with E-state index in [4.69, 9.17) is 4.74 Å². The summed E-state index contributed by atoms with van der Waals surface area (Å²) in [6.07, 6.45) is 12.7. The second kappa shape index (κ2) is 11.0. The van der Waals surface area contributed by atoms with E-state index in [9.17, 15) is 13.2 Å². The lowest BCUT2D eigenvalue weighted by Gasteiger charge is -2.59. The number of piperazine rings is 1. The maximum Gasteiger partial charge on any atom is 0.320 e. The van der Waals surface area contributed by atoms with Crippen LogP contribution >= 0.6 is 0 Å². The lowest BCUT2D eigenvalue weighted by Crippen LogP contribution is -2.56. The van der Waals surface area contributed by atoms with E-state index >= 15 is 0 Å². The van der Waals surface area contributed by atoms with Crippen molar-refractivity contribution in [3.8, 4) is 0 Å². The van der Waals surface area contributed by atoms with Crippen LogP contribution in [0.4, 0.5) is 0 Å². The minimum absolute atomic E-state index is 0.0111. The van der Waals surface area contributed by atoms with E-state index in [0.717, 1.165) is 31.2 Å². The van der Waals surface area contributed by atoms with Crippen LogP contribution in [0.1, 0.15) is 71.3 Å². The summed E-state index contributed by atoms with van der Waals surface area (Å²) in [6.45, 7) is 14.9. The van der Waals surface area contributed by atoms with E-state index in [2.05, 4.69) is 44.8 Å². The predicted molar refractivity (Wildman–Crippen MR) is 159 cm³/mol. The third-order valence-corrected chi connectivity index (χ3v) is 13.2. The highest BCUT2D eigenvalue weighted by atomic mass is 32.2. The summed E-state index contributed by atoms with van der Waals surface area (Å²) < 4.78 is 33.2. The number of hydrogen-bond donors (Lipinski definition) is 1. The normalized spacial score (nSPS) is 36.6. The van der Waals surface area contributed by atoms with Gasteiger partial charge in [0.2, 0.25) is 0 Å². The van der Waals surface area contributed by atoms with Gasteiger partial charge in [0.15, 0.2) is 9.84 Å². The first-order valence-corrected chi connectivity index (χ1v) is 16.7. The topological polar surface area (TPSA) is 75.7 Å². The summed E-state index contributed by atoms with van der Waals surface area (Å²) in [7, 11) is -3.64. The minimum Gasteiger partial charge on any atom is -0.464 e. The van der Waals surface area contributed by atoms with Gasteiger partial charge in [-0.3, -0.25) is 9.69 Å². The second-order valence-electron chi connectivity index (χ2n) is 13.8. The van der Waals surface area contributed by atoms with Gasteiger partial charge in [0.1, 0.15) is 5.37 Å². The molecule has 2 saturated carbocycles. The number of benzene rings is 1. The average Bonchev–Trinajstić information content (AvgIpc) is 2.92. The summed E-state index contributed by atoms with van der Waals surface area (Å²) in [5, 5.41) is 2.41. The maximum absolute atomic E-state index is 13.6. The molecule has 40 heavy (non-hydrogen) atoms. The number of nitrogens with zero attached hydrogens (tertiary/aromatic N) is 1. The Kier molecular flexibility index (Phi) is 8.14. The molecule has 0 spiro atoms. The number of sulfone groups is 1. The fourth-order valence-corrected chi connectivity index (χ4v) is 10.6. The Balaban J connectivity index is 1.27. The Hall–Kier alpha value is -1.96. The second-order valence-corrected chi connectivity index (χ2v) is 15.9. The highest BCUT2D eigenvalue weighted by molar-refractivity contribution is 7.92. The Labute approximate surface area is 241 Å². The summed E-state index contributed by atoms with van der Waals surface area (Å²) in [5.74, 6) is 0.779. The molecule has 1 saturated heterocycles. The highest BCUT2D eigenvalue weighted by Crippen LogP contribution is 2.63. The number of rotatable bonds is 7. The first kappa shape index (κ1) is 29.5. The van der Waals surface area contributed by atoms with Gasteiger partial charge in [0.25, 0.3) is 0 Å². The van der Waals surface area contributed by atoms with Crippen molar-refractivity contribution < 1.29 is 17.9 Å². The predicted octanol–water partition coefficient (Wildman–Crippen LogP) is 5.68. The molecule has 6 nitrogen and oxygen atoms in total. The lowest BCUT2D eigenvalue weighted by atomic mass is 9.46. The van der Waals surface area contributed by atoms with E-state index in [1.807, 2.05) is 19.1 Å². The van der Waals surface area contributed by atoms with Gasteiger partial charge in [0, 0.05) is 25.0 Å². The average molecular weight is 569 g/mol. The summed E-state index contributed by atoms with van der Waals surface area (Å²) in [4.78, 5) is 15.4. The smallest absolute Gasteiger partial charge is 0.320 e. The first-order valence-electron chi connectivity index (χ1n) is 15.2. The molecule has 3 fully saturated rings. The number of hydrogen-bond acceptors (Lipinski definition) is 6. The molecule has 0 amide bonds. The van der Waals surface area contributed by atoms with Gasteiger partial charge >= 0.3 is 5.97 Å². The van der Waals surface area contributed by atoms with Crippen LogP contribution < -0.4 is 5.32 Å². The maximum atomic E-state index is 13.6. The molecule has 5 rings (SSSR count). The molecule has 4 aliphatic rings. The van der Waals surface area contributed by atoms with Gasteiger partial charge in [-0.15, -0.1) is 6.58 Å². The Bertz CT molecular complexity index is 1270. The standard InChI is InChI=1S/C33H48N2O4S/c1-6-31(3)17-14-26-25(20-31)12-13-28-32(4,15-9-16-33(26,28)5)23-39-30(36)22-35-19-18-34-21-29(35)40(37,38)27-11-8-7-10-24(27)2/h6-8,10-11,14,25,28-29,34H,1,9,12-13,15-23H2,2-5H3/t25?,28?,29?,31-,32-,33-/m1/s1. The van der Waals surface area contributed by atoms with Crippen molar-refractivity contribution in [1.29, 1.82) is 0 Å². The number of allylic oxidation sites excluding steroid dienone is 3. The fourth-order valence-electron chi connectivity index (χ4n) is 8.61. The van der Waals surface area contributed by atoms with Crippen LogP contribution in [0.25, 0.3) is 0 Å². The molecule has 3 unspecified atom stereocenters. The van der Waals surface area contributed by atoms with E-state index in [-0.39, 0.29) is 28.8 Å². The molecule has 0 aromatic heterocycles. The lowest BCUT2D eigenvalue weighted by molar-refractivity contribution is -0.154. The van der Waals surface area contributed by atoms with Crippen molar-refractivity contribution in [2.45, 2.75) is 82.9 Å². The quantitative estimate of drug-likeness (QED) is 0.337. The molecule has 1 N–H and O–H groups in total. The highest BCUT2D eigenvalue weighted by Gasteiger charge is 2.55. The van der Waals surface area contributed by atoms with Crippen molar-refractivity contribution >= 4 is 15.8 Å². The third-order valence-electron chi connectivity index (χ3n) is 10.9. The molecule has 6 atom stereocenters. The zero-order valence-corrected chi connectivity index (χ0v) is 25.7. The van der Waals surface area contributed by atoms with Gasteiger partial charge in [0.05, 0.1) is 18.0 Å². The van der Waals surface area contributed by atoms with Crippen LogP contribution in [0.3, 0.4) is 0 Å². The number of carbonyl (C=O) groups excluding carboxylic acids is 1. The van der Waals surface area contributed by atoms with Crippen LogP contribution in [0.5, 0.6) is 0 Å². The molecule has 220 valence electrons. The van der Waals surface area contributed by atoms with Gasteiger partial charge in [-0.05, 0) is 79.7 Å².